The maximum atomic E-state index is 12.5. The number of benzene rings is 1. The highest BCUT2D eigenvalue weighted by Crippen LogP contribution is 2.09. The largest absolute Gasteiger partial charge is 0.352 e. The Morgan fingerprint density at radius 3 is 2.44 bits per heavy atom. The second kappa shape index (κ2) is 4.86. The number of rotatable bonds is 4. The van der Waals surface area contributed by atoms with Gasteiger partial charge in [0.1, 0.15) is 5.82 Å². The molecule has 1 aromatic rings. The highest BCUT2D eigenvalue weighted by atomic mass is 32.2. The van der Waals surface area contributed by atoms with Crippen LogP contribution < -0.4 is 4.89 Å². The molecule has 0 aromatic heterocycles. The Labute approximate surface area is 91.5 Å². The molecule has 0 saturated heterocycles. The number of nitrogens with one attached hydrogen (secondary N) is 1. The Kier molecular flexibility index (Phi) is 3.75. The number of hydrogen-bond donors (Lipinski definition) is 1. The molecule has 7 heteroatoms. The number of halogens is 1. The Balaban J connectivity index is 2.82. The van der Waals surface area contributed by atoms with Gasteiger partial charge >= 0.3 is 5.97 Å². The Hall–Kier alpha value is -1.73. The van der Waals surface area contributed by atoms with E-state index in [1.165, 1.54) is 0 Å². The monoisotopic (exact) mass is 245 g/mol. The zero-order valence-electron chi connectivity index (χ0n) is 8.01. The number of carbonyl (C=O) groups excluding carboxylic acids is 1. The van der Waals surface area contributed by atoms with Gasteiger partial charge in [0.2, 0.25) is 0 Å². The van der Waals surface area contributed by atoms with Crippen LogP contribution in [0.5, 0.6) is 0 Å². The van der Waals surface area contributed by atoms with Crippen LogP contribution in [0, 0.1) is 5.82 Å². The third-order valence-corrected chi connectivity index (χ3v) is 2.74. The summed E-state index contributed by atoms with van der Waals surface area (Å²) in [5.41, 5.74) is 0. The van der Waals surface area contributed by atoms with E-state index in [0.717, 1.165) is 30.3 Å². The van der Waals surface area contributed by atoms with Crippen LogP contribution in [0.15, 0.2) is 41.8 Å². The van der Waals surface area contributed by atoms with Crippen molar-refractivity contribution in [2.24, 2.45) is 0 Å². The second-order valence-electron chi connectivity index (χ2n) is 2.67. The lowest BCUT2D eigenvalue weighted by molar-refractivity contribution is -0.141. The van der Waals surface area contributed by atoms with Crippen molar-refractivity contribution in [2.45, 2.75) is 4.90 Å². The predicted molar refractivity (Wildman–Crippen MR) is 53.0 cm³/mol. The van der Waals surface area contributed by atoms with Gasteiger partial charge in [-0.3, -0.25) is 0 Å². The Bertz CT molecular complexity index is 495. The summed E-state index contributed by atoms with van der Waals surface area (Å²) in [7, 11) is -3.99. The van der Waals surface area contributed by atoms with Crippen molar-refractivity contribution in [3.8, 4) is 0 Å². The average molecular weight is 245 g/mol. The average Bonchev–Trinajstić information content (AvgIpc) is 2.26. The quantitative estimate of drug-likeness (QED) is 0.627. The van der Waals surface area contributed by atoms with Crippen molar-refractivity contribution < 1.29 is 22.4 Å². The first-order valence-electron chi connectivity index (χ1n) is 4.06. The van der Waals surface area contributed by atoms with E-state index in [-0.39, 0.29) is 4.90 Å². The first-order chi connectivity index (χ1) is 7.45. The zero-order chi connectivity index (χ0) is 12.2. The second-order valence-corrected chi connectivity index (χ2v) is 4.31. The van der Waals surface area contributed by atoms with Gasteiger partial charge in [0.15, 0.2) is 0 Å². The molecular weight excluding hydrogens is 237 g/mol. The first-order valence-corrected chi connectivity index (χ1v) is 5.54. The summed E-state index contributed by atoms with van der Waals surface area (Å²) in [4.78, 5) is 16.1. The third kappa shape index (κ3) is 3.14. The van der Waals surface area contributed by atoms with Gasteiger partial charge in [-0.2, -0.15) is 0 Å². The lowest BCUT2D eigenvalue weighted by Crippen LogP contribution is -2.26. The molecule has 0 radical (unpaired) electrons. The Morgan fingerprint density at radius 1 is 1.38 bits per heavy atom. The van der Waals surface area contributed by atoms with E-state index in [9.17, 15) is 17.6 Å². The molecule has 0 unspecified atom stereocenters. The van der Waals surface area contributed by atoms with Gasteiger partial charge in [-0.15, -0.1) is 0 Å². The molecule has 0 amide bonds. The number of carbonyl (C=O) groups is 1. The van der Waals surface area contributed by atoms with Gasteiger partial charge in [0.25, 0.3) is 10.0 Å². The summed E-state index contributed by atoms with van der Waals surface area (Å²) in [6.45, 7) is 3.09. The van der Waals surface area contributed by atoms with Gasteiger partial charge < -0.3 is 4.84 Å². The first kappa shape index (κ1) is 12.3. The summed E-state index contributed by atoms with van der Waals surface area (Å²) < 4.78 is 35.4. The van der Waals surface area contributed by atoms with Crippen LogP contribution in [0.25, 0.3) is 0 Å². The molecule has 0 saturated carbocycles. The lowest BCUT2D eigenvalue weighted by Gasteiger charge is -2.04. The van der Waals surface area contributed by atoms with Crippen LogP contribution in [0.4, 0.5) is 4.39 Å². The van der Waals surface area contributed by atoms with Crippen molar-refractivity contribution >= 4 is 16.0 Å². The highest BCUT2D eigenvalue weighted by Gasteiger charge is 2.15. The molecule has 0 fully saturated rings. The molecule has 0 atom stereocenters. The van der Waals surface area contributed by atoms with Crippen molar-refractivity contribution in [1.29, 1.82) is 0 Å². The molecule has 0 aliphatic carbocycles. The molecule has 1 aromatic carbocycles. The van der Waals surface area contributed by atoms with Crippen molar-refractivity contribution in [2.75, 3.05) is 0 Å². The van der Waals surface area contributed by atoms with E-state index in [1.54, 1.807) is 4.89 Å². The van der Waals surface area contributed by atoms with Gasteiger partial charge in [-0.1, -0.05) is 6.58 Å². The molecule has 5 nitrogen and oxygen atoms in total. The minimum atomic E-state index is -3.99. The van der Waals surface area contributed by atoms with Gasteiger partial charge in [-0.25, -0.2) is 17.6 Å². The normalized spacial score (nSPS) is 10.8. The molecule has 0 heterocycles. The zero-order valence-corrected chi connectivity index (χ0v) is 8.83. The van der Waals surface area contributed by atoms with Gasteiger partial charge in [0, 0.05) is 6.08 Å². The van der Waals surface area contributed by atoms with Crippen molar-refractivity contribution in [1.82, 2.24) is 4.89 Å². The fraction of sp³-hybridized carbons (Fsp3) is 0. The van der Waals surface area contributed by atoms with E-state index >= 15 is 0 Å². The maximum absolute atomic E-state index is 12.5. The SMILES string of the molecule is C=CC(=O)ONS(=O)(=O)c1ccc(F)cc1. The minimum absolute atomic E-state index is 0.217. The molecule has 1 rings (SSSR count). The van der Waals surface area contributed by atoms with Crippen LogP contribution in [0.2, 0.25) is 0 Å². The summed E-state index contributed by atoms with van der Waals surface area (Å²) in [6.07, 6.45) is 0.799. The summed E-state index contributed by atoms with van der Waals surface area (Å²) in [5, 5.41) is 0. The molecular formula is C9H8FNO4S. The molecule has 86 valence electrons. The maximum Gasteiger partial charge on any atom is 0.349 e. The van der Waals surface area contributed by atoms with E-state index in [0.29, 0.717) is 0 Å². The number of hydrogen-bond acceptors (Lipinski definition) is 4. The van der Waals surface area contributed by atoms with Crippen LogP contribution in [0.1, 0.15) is 0 Å². The molecule has 0 aliphatic heterocycles. The van der Waals surface area contributed by atoms with E-state index in [4.69, 9.17) is 0 Å². The third-order valence-electron chi connectivity index (χ3n) is 1.54. The van der Waals surface area contributed by atoms with Crippen LogP contribution in [-0.4, -0.2) is 14.4 Å². The van der Waals surface area contributed by atoms with Crippen LogP contribution >= 0.6 is 0 Å². The molecule has 0 spiro atoms. The fourth-order valence-electron chi connectivity index (χ4n) is 0.799. The van der Waals surface area contributed by atoms with Gasteiger partial charge in [-0.05, 0) is 29.2 Å². The fourth-order valence-corrected chi connectivity index (χ4v) is 1.58. The minimum Gasteiger partial charge on any atom is -0.352 e. The van der Waals surface area contributed by atoms with Gasteiger partial charge in [0.05, 0.1) is 4.90 Å². The summed E-state index contributed by atoms with van der Waals surface area (Å²) in [6, 6.07) is 4.03. The van der Waals surface area contributed by atoms with E-state index in [2.05, 4.69) is 11.4 Å². The van der Waals surface area contributed by atoms with E-state index in [1.807, 2.05) is 0 Å². The van der Waals surface area contributed by atoms with Crippen LogP contribution in [0.3, 0.4) is 0 Å². The molecule has 0 aliphatic rings. The predicted octanol–water partition coefficient (Wildman–Crippen LogP) is 0.748. The van der Waals surface area contributed by atoms with Crippen molar-refractivity contribution in [3.05, 3.63) is 42.7 Å². The summed E-state index contributed by atoms with van der Waals surface area (Å²) in [5.74, 6) is -1.51. The van der Waals surface area contributed by atoms with Crippen molar-refractivity contribution in [3.63, 3.8) is 0 Å². The smallest absolute Gasteiger partial charge is 0.349 e. The molecule has 16 heavy (non-hydrogen) atoms. The Morgan fingerprint density at radius 2 is 1.94 bits per heavy atom. The highest BCUT2D eigenvalue weighted by molar-refractivity contribution is 7.89. The van der Waals surface area contributed by atoms with E-state index < -0.39 is 21.8 Å². The van der Waals surface area contributed by atoms with Crippen LogP contribution in [-0.2, 0) is 19.7 Å². The molecule has 0 bridgehead atoms. The topological polar surface area (TPSA) is 72.5 Å². The molecule has 1 N–H and O–H groups in total. The number of sulfonamides is 1. The summed E-state index contributed by atoms with van der Waals surface area (Å²) >= 11 is 0. The standard InChI is InChI=1S/C9H8FNO4S/c1-2-9(12)15-11-16(13,14)8-5-3-7(10)4-6-8/h2-6,11H,1H2. The lowest BCUT2D eigenvalue weighted by atomic mass is 10.4.